The SMILES string of the molecule is CC(=O)NC(COCCC(C)(C)C)C(=O)O. The van der Waals surface area contributed by atoms with Crippen LogP contribution in [0.1, 0.15) is 34.1 Å². The maximum atomic E-state index is 10.7. The van der Waals surface area contributed by atoms with E-state index < -0.39 is 12.0 Å². The number of amides is 1. The molecule has 94 valence electrons. The summed E-state index contributed by atoms with van der Waals surface area (Å²) in [4.78, 5) is 21.5. The molecule has 0 bridgehead atoms. The van der Waals surface area contributed by atoms with Gasteiger partial charge in [0.25, 0.3) is 0 Å². The van der Waals surface area contributed by atoms with Crippen LogP contribution in [-0.2, 0) is 14.3 Å². The first-order chi connectivity index (χ1) is 7.22. The summed E-state index contributed by atoms with van der Waals surface area (Å²) in [5.41, 5.74) is 0.159. The Hall–Kier alpha value is -1.10. The minimum Gasteiger partial charge on any atom is -0.480 e. The lowest BCUT2D eigenvalue weighted by molar-refractivity contribution is -0.143. The number of rotatable bonds is 6. The third kappa shape index (κ3) is 8.23. The van der Waals surface area contributed by atoms with Gasteiger partial charge in [0.05, 0.1) is 6.61 Å². The number of carbonyl (C=O) groups is 2. The van der Waals surface area contributed by atoms with Gasteiger partial charge < -0.3 is 15.2 Å². The summed E-state index contributed by atoms with van der Waals surface area (Å²) in [6, 6.07) is -0.961. The Bertz CT molecular complexity index is 245. The number of ether oxygens (including phenoxy) is 1. The van der Waals surface area contributed by atoms with Gasteiger partial charge in [0, 0.05) is 13.5 Å². The van der Waals surface area contributed by atoms with E-state index >= 15 is 0 Å². The van der Waals surface area contributed by atoms with Gasteiger partial charge in [0.1, 0.15) is 0 Å². The van der Waals surface area contributed by atoms with Crippen LogP contribution >= 0.6 is 0 Å². The molecule has 5 nitrogen and oxygen atoms in total. The van der Waals surface area contributed by atoms with Gasteiger partial charge in [-0.25, -0.2) is 4.79 Å². The van der Waals surface area contributed by atoms with E-state index in [1.54, 1.807) is 0 Å². The maximum absolute atomic E-state index is 10.7. The van der Waals surface area contributed by atoms with Crippen molar-refractivity contribution in [1.82, 2.24) is 5.32 Å². The molecule has 5 heteroatoms. The molecule has 0 aliphatic heterocycles. The molecule has 0 aromatic rings. The van der Waals surface area contributed by atoms with Crippen LogP contribution in [0.2, 0.25) is 0 Å². The summed E-state index contributed by atoms with van der Waals surface area (Å²) in [6.45, 7) is 8.03. The van der Waals surface area contributed by atoms with Gasteiger partial charge in [0.2, 0.25) is 5.91 Å². The highest BCUT2D eigenvalue weighted by Crippen LogP contribution is 2.17. The Morgan fingerprint density at radius 2 is 1.94 bits per heavy atom. The van der Waals surface area contributed by atoms with Crippen molar-refractivity contribution in [2.75, 3.05) is 13.2 Å². The average Bonchev–Trinajstić information content (AvgIpc) is 2.07. The highest BCUT2D eigenvalue weighted by molar-refractivity contribution is 5.82. The van der Waals surface area contributed by atoms with Crippen LogP contribution in [0.4, 0.5) is 0 Å². The van der Waals surface area contributed by atoms with Crippen molar-refractivity contribution < 1.29 is 19.4 Å². The fraction of sp³-hybridized carbons (Fsp3) is 0.818. The van der Waals surface area contributed by atoms with Gasteiger partial charge in [-0.1, -0.05) is 20.8 Å². The third-order valence-electron chi connectivity index (χ3n) is 1.96. The Kier molecular flexibility index (Phi) is 6.03. The standard InChI is InChI=1S/C11H21NO4/c1-8(13)12-9(10(14)15)7-16-6-5-11(2,3)4/h9H,5-7H2,1-4H3,(H,12,13)(H,14,15). The predicted octanol–water partition coefficient (Wildman–Crippen LogP) is 1.03. The number of carbonyl (C=O) groups excluding carboxylic acids is 1. The largest absolute Gasteiger partial charge is 0.480 e. The summed E-state index contributed by atoms with van der Waals surface area (Å²) in [5, 5.41) is 11.1. The first-order valence-corrected chi connectivity index (χ1v) is 5.30. The molecule has 0 saturated carbocycles. The lowest BCUT2D eigenvalue weighted by atomic mass is 9.93. The van der Waals surface area contributed by atoms with Crippen LogP contribution in [0.5, 0.6) is 0 Å². The molecule has 1 amide bonds. The van der Waals surface area contributed by atoms with E-state index in [1.165, 1.54) is 6.92 Å². The second kappa shape index (κ2) is 6.48. The minimum absolute atomic E-state index is 0.00495. The lowest BCUT2D eigenvalue weighted by Gasteiger charge is -2.19. The number of aliphatic carboxylic acids is 1. The second-order valence-electron chi connectivity index (χ2n) is 4.98. The summed E-state index contributed by atoms with van der Waals surface area (Å²) >= 11 is 0. The summed E-state index contributed by atoms with van der Waals surface area (Å²) < 4.78 is 5.24. The molecule has 0 saturated heterocycles. The van der Waals surface area contributed by atoms with E-state index in [1.807, 2.05) is 0 Å². The molecule has 0 aliphatic carbocycles. The van der Waals surface area contributed by atoms with Crippen LogP contribution in [0.3, 0.4) is 0 Å². The second-order valence-corrected chi connectivity index (χ2v) is 4.98. The molecule has 2 N–H and O–H groups in total. The van der Waals surface area contributed by atoms with Gasteiger partial charge in [-0.2, -0.15) is 0 Å². The van der Waals surface area contributed by atoms with Crippen LogP contribution in [0.15, 0.2) is 0 Å². The highest BCUT2D eigenvalue weighted by atomic mass is 16.5. The summed E-state index contributed by atoms with van der Waals surface area (Å²) in [5.74, 6) is -1.45. The van der Waals surface area contributed by atoms with Gasteiger partial charge in [-0.15, -0.1) is 0 Å². The molecular weight excluding hydrogens is 210 g/mol. The topological polar surface area (TPSA) is 75.6 Å². The van der Waals surface area contributed by atoms with Crippen molar-refractivity contribution in [3.63, 3.8) is 0 Å². The van der Waals surface area contributed by atoms with Gasteiger partial charge in [-0.3, -0.25) is 4.79 Å². The van der Waals surface area contributed by atoms with E-state index in [0.717, 1.165) is 6.42 Å². The van der Waals surface area contributed by atoms with Crippen molar-refractivity contribution in [1.29, 1.82) is 0 Å². The van der Waals surface area contributed by atoms with Crippen molar-refractivity contribution in [2.24, 2.45) is 5.41 Å². The zero-order valence-corrected chi connectivity index (χ0v) is 10.4. The fourth-order valence-electron chi connectivity index (χ4n) is 1.000. The Morgan fingerprint density at radius 1 is 1.38 bits per heavy atom. The highest BCUT2D eigenvalue weighted by Gasteiger charge is 2.18. The first kappa shape index (κ1) is 14.9. The Labute approximate surface area is 96.2 Å². The molecule has 0 rings (SSSR count). The zero-order valence-electron chi connectivity index (χ0n) is 10.4. The number of carboxylic acid groups (broad SMARTS) is 1. The monoisotopic (exact) mass is 231 g/mol. The molecule has 0 heterocycles. The van der Waals surface area contributed by atoms with Gasteiger partial charge in [0.15, 0.2) is 6.04 Å². The molecule has 0 spiro atoms. The predicted molar refractivity (Wildman–Crippen MR) is 60.1 cm³/mol. The minimum atomic E-state index is -1.08. The lowest BCUT2D eigenvalue weighted by Crippen LogP contribution is -2.43. The number of nitrogens with one attached hydrogen (secondary N) is 1. The third-order valence-corrected chi connectivity index (χ3v) is 1.96. The molecule has 1 unspecified atom stereocenters. The maximum Gasteiger partial charge on any atom is 0.328 e. The quantitative estimate of drug-likeness (QED) is 0.669. The van der Waals surface area contributed by atoms with Crippen molar-refractivity contribution in [3.05, 3.63) is 0 Å². The molecule has 0 radical (unpaired) electrons. The molecule has 16 heavy (non-hydrogen) atoms. The van der Waals surface area contributed by atoms with E-state index in [0.29, 0.717) is 6.61 Å². The van der Waals surface area contributed by atoms with Crippen LogP contribution in [0.25, 0.3) is 0 Å². The van der Waals surface area contributed by atoms with Crippen molar-refractivity contribution in [2.45, 2.75) is 40.2 Å². The van der Waals surface area contributed by atoms with E-state index in [-0.39, 0.29) is 17.9 Å². The summed E-state index contributed by atoms with van der Waals surface area (Å²) in [7, 11) is 0. The first-order valence-electron chi connectivity index (χ1n) is 5.30. The Morgan fingerprint density at radius 3 is 2.31 bits per heavy atom. The normalized spacial score (nSPS) is 13.2. The van der Waals surface area contributed by atoms with E-state index in [4.69, 9.17) is 9.84 Å². The number of hydrogen-bond acceptors (Lipinski definition) is 3. The van der Waals surface area contributed by atoms with Gasteiger partial charge >= 0.3 is 5.97 Å². The molecule has 0 aromatic carbocycles. The molecule has 0 aromatic heterocycles. The Balaban J connectivity index is 3.86. The van der Waals surface area contributed by atoms with Crippen molar-refractivity contribution >= 4 is 11.9 Å². The van der Waals surface area contributed by atoms with Crippen LogP contribution in [0, 0.1) is 5.41 Å². The van der Waals surface area contributed by atoms with E-state index in [9.17, 15) is 9.59 Å². The number of hydrogen-bond donors (Lipinski definition) is 2. The van der Waals surface area contributed by atoms with Gasteiger partial charge in [-0.05, 0) is 11.8 Å². The van der Waals surface area contributed by atoms with E-state index in [2.05, 4.69) is 26.1 Å². The molecular formula is C11H21NO4. The van der Waals surface area contributed by atoms with Crippen LogP contribution in [-0.4, -0.2) is 36.2 Å². The molecule has 0 fully saturated rings. The number of carboxylic acids is 1. The fourth-order valence-corrected chi connectivity index (χ4v) is 1.000. The summed E-state index contributed by atoms with van der Waals surface area (Å²) in [6.07, 6.45) is 0.847. The van der Waals surface area contributed by atoms with Crippen molar-refractivity contribution in [3.8, 4) is 0 Å². The zero-order chi connectivity index (χ0) is 12.8. The van der Waals surface area contributed by atoms with Crippen LogP contribution < -0.4 is 5.32 Å². The molecule has 0 aliphatic rings. The smallest absolute Gasteiger partial charge is 0.328 e. The average molecular weight is 231 g/mol. The molecule has 1 atom stereocenters.